The molecule has 0 spiro atoms. The van der Waals surface area contributed by atoms with E-state index in [0.29, 0.717) is 5.39 Å². The number of hydrogen-bond donors (Lipinski definition) is 1. The lowest BCUT2D eigenvalue weighted by molar-refractivity contribution is 0.933. The van der Waals surface area contributed by atoms with Crippen LogP contribution in [0.1, 0.15) is 58.4 Å². The van der Waals surface area contributed by atoms with Gasteiger partial charge in [0.15, 0.2) is 0 Å². The highest BCUT2D eigenvalue weighted by atomic mass is 16.1. The van der Waals surface area contributed by atoms with E-state index in [1.807, 2.05) is 71.9 Å². The van der Waals surface area contributed by atoms with Crippen molar-refractivity contribution in [1.29, 1.82) is 0 Å². The number of fused-ring (bicyclic) bond motifs is 1. The number of benzene rings is 2. The van der Waals surface area contributed by atoms with Crippen LogP contribution in [0.25, 0.3) is 10.8 Å². The highest BCUT2D eigenvalue weighted by molar-refractivity contribution is 5.83. The first-order chi connectivity index (χ1) is 12.2. The summed E-state index contributed by atoms with van der Waals surface area (Å²) in [6.45, 7) is 14.1. The topological polar surface area (TPSA) is 45.8 Å². The van der Waals surface area contributed by atoms with Crippen LogP contribution in [0.15, 0.2) is 53.3 Å². The van der Waals surface area contributed by atoms with E-state index in [9.17, 15) is 4.79 Å². The largest absolute Gasteiger partial charge is 0.272 e. The van der Waals surface area contributed by atoms with Gasteiger partial charge in [0.2, 0.25) is 0 Å². The number of aromatic amines is 1. The summed E-state index contributed by atoms with van der Waals surface area (Å²) < 4.78 is 0. The molecular weight excluding hydrogens is 308 g/mol. The van der Waals surface area contributed by atoms with Gasteiger partial charge < -0.3 is 0 Å². The molecule has 0 saturated carbocycles. The number of rotatable bonds is 2. The molecule has 0 unspecified atom stereocenters. The van der Waals surface area contributed by atoms with Crippen molar-refractivity contribution < 1.29 is 0 Å². The van der Waals surface area contributed by atoms with E-state index < -0.39 is 0 Å². The molecule has 136 valence electrons. The second kappa shape index (κ2) is 12.9. The summed E-state index contributed by atoms with van der Waals surface area (Å²) in [5, 5.41) is 8.38. The lowest BCUT2D eigenvalue weighted by atomic mass is 10.0. The third-order valence-electron chi connectivity index (χ3n) is 3.23. The third-order valence-corrected chi connectivity index (χ3v) is 3.23. The quantitative estimate of drug-likeness (QED) is 0.631. The summed E-state index contributed by atoms with van der Waals surface area (Å²) in [4.78, 5) is 11.7. The molecule has 0 radical (unpaired) electrons. The van der Waals surface area contributed by atoms with E-state index in [0.717, 1.165) is 17.5 Å². The molecule has 25 heavy (non-hydrogen) atoms. The summed E-state index contributed by atoms with van der Waals surface area (Å²) in [6.07, 6.45) is 0.721. The maximum absolute atomic E-state index is 11.7. The van der Waals surface area contributed by atoms with E-state index in [1.165, 1.54) is 11.1 Å². The van der Waals surface area contributed by atoms with Gasteiger partial charge in [0.25, 0.3) is 5.56 Å². The molecule has 0 aliphatic carbocycles. The van der Waals surface area contributed by atoms with Crippen LogP contribution in [0.4, 0.5) is 0 Å². The van der Waals surface area contributed by atoms with Crippen molar-refractivity contribution >= 4 is 10.8 Å². The zero-order valence-corrected chi connectivity index (χ0v) is 16.7. The molecule has 0 atom stereocenters. The van der Waals surface area contributed by atoms with Crippen LogP contribution < -0.4 is 5.56 Å². The Bertz CT molecular complexity index is 791. The van der Waals surface area contributed by atoms with Gasteiger partial charge in [-0.15, -0.1) is 0 Å². The number of hydrogen-bond acceptors (Lipinski definition) is 2. The number of nitrogens with one attached hydrogen (secondary N) is 1. The van der Waals surface area contributed by atoms with Crippen LogP contribution in [-0.2, 0) is 6.42 Å². The Balaban J connectivity index is 0.000000871. The van der Waals surface area contributed by atoms with Gasteiger partial charge in [0.05, 0.1) is 11.1 Å². The minimum absolute atomic E-state index is 0.136. The Kier molecular flexibility index (Phi) is 11.7. The fraction of sp³-hybridized carbons (Fsp3) is 0.364. The van der Waals surface area contributed by atoms with Crippen LogP contribution >= 0.6 is 0 Å². The van der Waals surface area contributed by atoms with Crippen molar-refractivity contribution in [2.45, 2.75) is 54.9 Å². The number of aryl methyl sites for hydroxylation is 1. The van der Waals surface area contributed by atoms with Gasteiger partial charge in [-0.2, -0.15) is 5.10 Å². The lowest BCUT2D eigenvalue weighted by Crippen LogP contribution is -2.11. The Morgan fingerprint density at radius 3 is 2.04 bits per heavy atom. The molecule has 0 fully saturated rings. The van der Waals surface area contributed by atoms with Crippen molar-refractivity contribution in [2.75, 3.05) is 0 Å². The summed E-state index contributed by atoms with van der Waals surface area (Å²) in [5.74, 6) is 0. The van der Waals surface area contributed by atoms with Gasteiger partial charge in [0, 0.05) is 11.8 Å². The molecule has 3 nitrogen and oxygen atoms in total. The molecule has 3 heteroatoms. The van der Waals surface area contributed by atoms with Gasteiger partial charge in [-0.3, -0.25) is 4.79 Å². The van der Waals surface area contributed by atoms with E-state index in [-0.39, 0.29) is 5.56 Å². The summed E-state index contributed by atoms with van der Waals surface area (Å²) in [7, 11) is 0. The van der Waals surface area contributed by atoms with Crippen LogP contribution in [-0.4, -0.2) is 10.2 Å². The average Bonchev–Trinajstić information content (AvgIpc) is 2.69. The first-order valence-corrected chi connectivity index (χ1v) is 9.26. The maximum Gasteiger partial charge on any atom is 0.272 e. The van der Waals surface area contributed by atoms with Crippen molar-refractivity contribution in [2.24, 2.45) is 0 Å². The molecule has 0 aliphatic heterocycles. The van der Waals surface area contributed by atoms with Crippen molar-refractivity contribution in [1.82, 2.24) is 10.2 Å². The smallest absolute Gasteiger partial charge is 0.267 e. The monoisotopic (exact) mass is 340 g/mol. The molecule has 0 amide bonds. The summed E-state index contributed by atoms with van der Waals surface area (Å²) >= 11 is 0. The predicted octanol–water partition coefficient (Wildman–Crippen LogP) is 5.90. The molecule has 3 rings (SSSR count). The average molecular weight is 341 g/mol. The second-order valence-corrected chi connectivity index (χ2v) is 4.71. The molecule has 0 saturated heterocycles. The van der Waals surface area contributed by atoms with Crippen molar-refractivity contribution in [3.63, 3.8) is 0 Å². The molecule has 3 aromatic rings. The number of aromatic nitrogens is 2. The van der Waals surface area contributed by atoms with Gasteiger partial charge in [-0.25, -0.2) is 5.10 Å². The first-order valence-electron chi connectivity index (χ1n) is 9.26. The van der Waals surface area contributed by atoms with Gasteiger partial charge >= 0.3 is 0 Å². The molecule has 2 aromatic carbocycles. The van der Waals surface area contributed by atoms with Crippen LogP contribution in [0.2, 0.25) is 0 Å². The molecule has 1 heterocycles. The fourth-order valence-electron chi connectivity index (χ4n) is 2.32. The molecule has 1 N–H and O–H groups in total. The predicted molar refractivity (Wildman–Crippen MR) is 110 cm³/mol. The normalized spacial score (nSPS) is 8.92. The van der Waals surface area contributed by atoms with Crippen molar-refractivity contribution in [3.8, 4) is 0 Å². The van der Waals surface area contributed by atoms with E-state index in [1.54, 1.807) is 0 Å². The van der Waals surface area contributed by atoms with E-state index in [2.05, 4.69) is 35.3 Å². The minimum Gasteiger partial charge on any atom is -0.267 e. The zero-order chi connectivity index (χ0) is 19.2. The van der Waals surface area contributed by atoms with E-state index in [4.69, 9.17) is 0 Å². The SMILES string of the molecule is CC.CC.CC.Cc1cccc(Cc2n[nH]c(=O)c3ccccc23)c1. The van der Waals surface area contributed by atoms with Crippen LogP contribution in [0.5, 0.6) is 0 Å². The molecule has 0 bridgehead atoms. The first kappa shape index (κ1) is 22.6. The highest BCUT2D eigenvalue weighted by Crippen LogP contribution is 2.16. The number of nitrogens with zero attached hydrogens (tertiary/aromatic N) is 1. The second-order valence-electron chi connectivity index (χ2n) is 4.71. The molecule has 1 aromatic heterocycles. The Hall–Kier alpha value is -2.42. The van der Waals surface area contributed by atoms with Crippen molar-refractivity contribution in [3.05, 3.63) is 75.7 Å². The van der Waals surface area contributed by atoms with Gasteiger partial charge in [0.1, 0.15) is 0 Å². The molecular formula is C22H32N2O. The fourth-order valence-corrected chi connectivity index (χ4v) is 2.32. The van der Waals surface area contributed by atoms with Gasteiger partial charge in [-0.05, 0) is 18.6 Å². The minimum atomic E-state index is -0.136. The Morgan fingerprint density at radius 1 is 0.840 bits per heavy atom. The highest BCUT2D eigenvalue weighted by Gasteiger charge is 2.06. The Morgan fingerprint density at radius 2 is 1.44 bits per heavy atom. The zero-order valence-electron chi connectivity index (χ0n) is 16.7. The van der Waals surface area contributed by atoms with E-state index >= 15 is 0 Å². The van der Waals surface area contributed by atoms with Gasteiger partial charge in [-0.1, -0.05) is 89.6 Å². The summed E-state index contributed by atoms with van der Waals surface area (Å²) in [6, 6.07) is 15.9. The van der Waals surface area contributed by atoms with Crippen LogP contribution in [0.3, 0.4) is 0 Å². The van der Waals surface area contributed by atoms with Crippen LogP contribution in [0, 0.1) is 6.92 Å². The third kappa shape index (κ3) is 6.54. The lowest BCUT2D eigenvalue weighted by Gasteiger charge is -2.05. The number of H-pyrrole nitrogens is 1. The maximum atomic E-state index is 11.7. The molecule has 0 aliphatic rings. The standard InChI is InChI=1S/C16H14N2O.3C2H6/c1-11-5-4-6-12(9-11)10-15-13-7-2-3-8-14(13)16(19)18-17-15;3*1-2/h2-9H,10H2,1H3,(H,18,19);3*1-2H3. The summed E-state index contributed by atoms with van der Waals surface area (Å²) in [5.41, 5.74) is 3.19. The Labute approximate surface area is 152 Å².